The summed E-state index contributed by atoms with van der Waals surface area (Å²) in [6, 6.07) is 15.0. The van der Waals surface area contributed by atoms with Gasteiger partial charge in [0.2, 0.25) is 5.91 Å². The minimum absolute atomic E-state index is 0.123. The average molecular weight is 416 g/mol. The van der Waals surface area contributed by atoms with E-state index in [0.717, 1.165) is 23.0 Å². The highest BCUT2D eigenvalue weighted by Crippen LogP contribution is 2.41. The average Bonchev–Trinajstić information content (AvgIpc) is 3.38. The lowest BCUT2D eigenvalue weighted by Gasteiger charge is -2.23. The van der Waals surface area contributed by atoms with Crippen molar-refractivity contribution in [2.45, 2.75) is 19.4 Å². The summed E-state index contributed by atoms with van der Waals surface area (Å²) in [5.74, 6) is 0.593. The fraction of sp³-hybridized carbons (Fsp3) is 0.333. The Labute approximate surface area is 180 Å². The van der Waals surface area contributed by atoms with E-state index in [9.17, 15) is 9.59 Å². The van der Waals surface area contributed by atoms with Gasteiger partial charge < -0.3 is 14.5 Å². The van der Waals surface area contributed by atoms with Crippen LogP contribution >= 0.6 is 0 Å². The van der Waals surface area contributed by atoms with Crippen LogP contribution in [-0.2, 0) is 11.3 Å². The summed E-state index contributed by atoms with van der Waals surface area (Å²) in [4.78, 5) is 39.0. The predicted molar refractivity (Wildman–Crippen MR) is 116 cm³/mol. The molecule has 2 fully saturated rings. The number of fused-ring (bicyclic) bond motifs is 1. The van der Waals surface area contributed by atoms with Gasteiger partial charge in [0.05, 0.1) is 30.3 Å². The third-order valence-electron chi connectivity index (χ3n) is 6.44. The number of hydrogen-bond donors (Lipinski definition) is 0. The molecule has 3 aromatic rings. The molecule has 7 nitrogen and oxygen atoms in total. The minimum Gasteiger partial charge on any atom is -0.496 e. The number of para-hydroxylation sites is 1. The van der Waals surface area contributed by atoms with Gasteiger partial charge in [-0.25, -0.2) is 4.98 Å². The van der Waals surface area contributed by atoms with Gasteiger partial charge >= 0.3 is 0 Å². The quantitative estimate of drug-likeness (QED) is 0.654. The molecule has 5 rings (SSSR count). The summed E-state index contributed by atoms with van der Waals surface area (Å²) >= 11 is 0. The second-order valence-corrected chi connectivity index (χ2v) is 8.28. The van der Waals surface area contributed by atoms with Gasteiger partial charge in [0.1, 0.15) is 11.4 Å². The van der Waals surface area contributed by atoms with Crippen LogP contribution in [-0.4, -0.2) is 58.3 Å². The molecular formula is C24H24N4O3. The standard InChI is InChI=1S/C24H24N4O3/c1-31-21-14-20(26-19-8-3-2-7-18(19)21)22(29)28-13-10-24(16-28)9-12-27(23(24)30)15-17-6-4-5-11-25-17/h2-8,11,14H,9-10,12-13,15-16H2,1H3. The van der Waals surface area contributed by atoms with Crippen LogP contribution in [0.3, 0.4) is 0 Å². The molecule has 2 aromatic heterocycles. The molecule has 2 aliphatic rings. The predicted octanol–water partition coefficient (Wildman–Crippen LogP) is 2.90. The van der Waals surface area contributed by atoms with Gasteiger partial charge in [-0.05, 0) is 37.1 Å². The van der Waals surface area contributed by atoms with Crippen LogP contribution in [0.4, 0.5) is 0 Å². The maximum atomic E-state index is 13.3. The SMILES string of the molecule is COc1cc(C(=O)N2CCC3(CCN(Cc4ccccn4)C3=O)C2)nc2ccccc12. The Hall–Kier alpha value is -3.48. The minimum atomic E-state index is -0.495. The van der Waals surface area contributed by atoms with E-state index < -0.39 is 5.41 Å². The number of pyridine rings is 2. The lowest BCUT2D eigenvalue weighted by molar-refractivity contribution is -0.135. The molecule has 2 saturated heterocycles. The lowest BCUT2D eigenvalue weighted by Crippen LogP contribution is -2.38. The van der Waals surface area contributed by atoms with Crippen LogP contribution in [0.2, 0.25) is 0 Å². The second-order valence-electron chi connectivity index (χ2n) is 8.28. The zero-order valence-electron chi connectivity index (χ0n) is 17.5. The number of carbonyl (C=O) groups is 2. The number of ether oxygens (including phenoxy) is 1. The third-order valence-corrected chi connectivity index (χ3v) is 6.44. The molecule has 0 aliphatic carbocycles. The van der Waals surface area contributed by atoms with Crippen LogP contribution in [0.15, 0.2) is 54.7 Å². The number of amides is 2. The molecule has 1 atom stereocenters. The topological polar surface area (TPSA) is 75.6 Å². The van der Waals surface area contributed by atoms with Crippen molar-refractivity contribution in [3.63, 3.8) is 0 Å². The maximum absolute atomic E-state index is 13.3. The van der Waals surface area contributed by atoms with Crippen molar-refractivity contribution in [1.29, 1.82) is 0 Å². The Morgan fingerprint density at radius 3 is 2.74 bits per heavy atom. The van der Waals surface area contributed by atoms with Crippen LogP contribution in [0.25, 0.3) is 10.9 Å². The van der Waals surface area contributed by atoms with Crippen molar-refractivity contribution >= 4 is 22.7 Å². The molecule has 0 bridgehead atoms. The van der Waals surface area contributed by atoms with Crippen molar-refractivity contribution in [2.24, 2.45) is 5.41 Å². The third kappa shape index (κ3) is 3.40. The van der Waals surface area contributed by atoms with Gasteiger partial charge in [-0.3, -0.25) is 14.6 Å². The summed E-state index contributed by atoms with van der Waals surface area (Å²) < 4.78 is 5.48. The van der Waals surface area contributed by atoms with E-state index in [-0.39, 0.29) is 11.8 Å². The zero-order valence-corrected chi connectivity index (χ0v) is 17.5. The number of hydrogen-bond acceptors (Lipinski definition) is 5. The van der Waals surface area contributed by atoms with Crippen molar-refractivity contribution < 1.29 is 14.3 Å². The Kier molecular flexibility index (Phi) is 4.81. The fourth-order valence-corrected chi connectivity index (χ4v) is 4.74. The molecule has 0 radical (unpaired) electrons. The molecule has 1 spiro atoms. The molecular weight excluding hydrogens is 392 g/mol. The second kappa shape index (κ2) is 7.65. The van der Waals surface area contributed by atoms with E-state index in [1.54, 1.807) is 24.3 Å². The number of rotatable bonds is 4. The molecule has 2 amide bonds. The number of methoxy groups -OCH3 is 1. The summed E-state index contributed by atoms with van der Waals surface area (Å²) in [5.41, 5.74) is 1.46. The van der Waals surface area contributed by atoms with Crippen molar-refractivity contribution in [1.82, 2.24) is 19.8 Å². The highest BCUT2D eigenvalue weighted by molar-refractivity contribution is 5.98. The van der Waals surface area contributed by atoms with Crippen molar-refractivity contribution in [3.05, 3.63) is 66.1 Å². The van der Waals surface area contributed by atoms with E-state index in [0.29, 0.717) is 44.0 Å². The van der Waals surface area contributed by atoms with Crippen molar-refractivity contribution in [2.75, 3.05) is 26.7 Å². The Bertz CT molecular complexity index is 1150. The largest absolute Gasteiger partial charge is 0.496 e. The molecule has 7 heteroatoms. The molecule has 2 aliphatic heterocycles. The molecule has 0 N–H and O–H groups in total. The van der Waals surface area contributed by atoms with Crippen LogP contribution in [0.1, 0.15) is 29.0 Å². The smallest absolute Gasteiger partial charge is 0.272 e. The summed E-state index contributed by atoms with van der Waals surface area (Å²) in [5, 5.41) is 0.871. The van der Waals surface area contributed by atoms with E-state index in [1.165, 1.54) is 0 Å². The van der Waals surface area contributed by atoms with E-state index >= 15 is 0 Å². The van der Waals surface area contributed by atoms with E-state index in [1.807, 2.05) is 47.4 Å². The number of likely N-dealkylation sites (tertiary alicyclic amines) is 2. The molecule has 1 unspecified atom stereocenters. The van der Waals surface area contributed by atoms with Crippen LogP contribution in [0.5, 0.6) is 5.75 Å². The number of carbonyl (C=O) groups excluding carboxylic acids is 2. The normalized spacial score (nSPS) is 20.7. The number of nitrogens with zero attached hydrogens (tertiary/aromatic N) is 4. The van der Waals surface area contributed by atoms with Crippen LogP contribution in [0, 0.1) is 5.41 Å². The van der Waals surface area contributed by atoms with Gasteiger partial charge in [0.25, 0.3) is 5.91 Å². The first-order valence-electron chi connectivity index (χ1n) is 10.5. The number of aromatic nitrogens is 2. The van der Waals surface area contributed by atoms with Gasteiger partial charge in [0, 0.05) is 37.3 Å². The Morgan fingerprint density at radius 2 is 1.94 bits per heavy atom. The van der Waals surface area contributed by atoms with E-state index in [2.05, 4.69) is 9.97 Å². The number of benzene rings is 1. The summed E-state index contributed by atoms with van der Waals surface area (Å²) in [7, 11) is 1.59. The molecule has 0 saturated carbocycles. The van der Waals surface area contributed by atoms with Gasteiger partial charge in [0.15, 0.2) is 0 Å². The lowest BCUT2D eigenvalue weighted by atomic mass is 9.85. The molecule has 31 heavy (non-hydrogen) atoms. The summed E-state index contributed by atoms with van der Waals surface area (Å²) in [6.07, 6.45) is 3.18. The highest BCUT2D eigenvalue weighted by Gasteiger charge is 2.51. The monoisotopic (exact) mass is 416 g/mol. The maximum Gasteiger partial charge on any atom is 0.272 e. The fourth-order valence-electron chi connectivity index (χ4n) is 4.74. The first-order chi connectivity index (χ1) is 15.1. The Balaban J connectivity index is 1.34. The molecule has 1 aromatic carbocycles. The molecule has 4 heterocycles. The van der Waals surface area contributed by atoms with Gasteiger partial charge in [-0.2, -0.15) is 0 Å². The first-order valence-corrected chi connectivity index (χ1v) is 10.5. The van der Waals surface area contributed by atoms with E-state index in [4.69, 9.17) is 4.74 Å². The van der Waals surface area contributed by atoms with Gasteiger partial charge in [-0.15, -0.1) is 0 Å². The zero-order chi connectivity index (χ0) is 21.4. The summed E-state index contributed by atoms with van der Waals surface area (Å²) in [6.45, 7) is 2.19. The first kappa shape index (κ1) is 19.5. The highest BCUT2D eigenvalue weighted by atomic mass is 16.5. The van der Waals surface area contributed by atoms with Crippen LogP contribution < -0.4 is 4.74 Å². The Morgan fingerprint density at radius 1 is 1.13 bits per heavy atom. The van der Waals surface area contributed by atoms with Gasteiger partial charge in [-0.1, -0.05) is 18.2 Å². The molecule has 158 valence electrons. The van der Waals surface area contributed by atoms with Crippen molar-refractivity contribution in [3.8, 4) is 5.75 Å².